The van der Waals surface area contributed by atoms with Gasteiger partial charge in [0.1, 0.15) is 5.82 Å². The third-order valence-electron chi connectivity index (χ3n) is 5.22. The fourth-order valence-corrected chi connectivity index (χ4v) is 3.89. The van der Waals surface area contributed by atoms with Gasteiger partial charge in [0, 0.05) is 36.5 Å². The molecule has 0 saturated carbocycles. The molecule has 2 atom stereocenters. The van der Waals surface area contributed by atoms with Gasteiger partial charge in [0.25, 0.3) is 0 Å². The van der Waals surface area contributed by atoms with E-state index in [1.165, 1.54) is 24.3 Å². The van der Waals surface area contributed by atoms with E-state index in [9.17, 15) is 18.8 Å². The van der Waals surface area contributed by atoms with Gasteiger partial charge in [-0.05, 0) is 49.2 Å². The van der Waals surface area contributed by atoms with Crippen molar-refractivity contribution in [1.82, 2.24) is 0 Å². The van der Waals surface area contributed by atoms with E-state index in [0.717, 1.165) is 16.8 Å². The molecule has 158 valence electrons. The summed E-state index contributed by atoms with van der Waals surface area (Å²) in [6.45, 7) is 4.03. The third-order valence-corrected chi connectivity index (χ3v) is 5.44. The van der Waals surface area contributed by atoms with E-state index < -0.39 is 29.6 Å². The molecule has 3 rings (SSSR count). The Hall–Kier alpha value is -2.73. The minimum atomic E-state index is -1.08. The molecule has 1 heterocycles. The first kappa shape index (κ1) is 22.0. The van der Waals surface area contributed by atoms with Crippen molar-refractivity contribution >= 4 is 34.9 Å². The quantitative estimate of drug-likeness (QED) is 0.374. The van der Waals surface area contributed by atoms with Crippen LogP contribution in [0.4, 0.5) is 10.1 Å². The first-order chi connectivity index (χ1) is 14.3. The number of ether oxygens (including phenoxy) is 1. The molecule has 5 nitrogen and oxygen atoms in total. The predicted molar refractivity (Wildman–Crippen MR) is 112 cm³/mol. The number of nitrogens with zero attached hydrogens (tertiary/aromatic N) is 1. The molecule has 0 radical (unpaired) electrons. The minimum Gasteiger partial charge on any atom is -0.454 e. The largest absolute Gasteiger partial charge is 0.454 e. The normalized spacial score (nSPS) is 17.1. The van der Waals surface area contributed by atoms with Crippen LogP contribution in [-0.2, 0) is 14.3 Å². The summed E-state index contributed by atoms with van der Waals surface area (Å²) in [5.74, 6) is -2.23. The van der Waals surface area contributed by atoms with E-state index in [4.69, 9.17) is 16.3 Å². The highest BCUT2D eigenvalue weighted by Gasteiger charge is 2.38. The maximum Gasteiger partial charge on any atom is 0.312 e. The Balaban J connectivity index is 1.73. The number of anilines is 1. The topological polar surface area (TPSA) is 63.7 Å². The summed E-state index contributed by atoms with van der Waals surface area (Å²) in [5, 5.41) is 0. The standard InChI is InChI=1S/C23H23ClFNO4/c1-14-4-3-5-15(2)21(14)26-13-17(12-20(26)27)23(29)30-19(10-11-24)22(28)16-6-8-18(25)9-7-16/h3-9,17,19H,10-13H2,1-2H3/t17-,19+/m1/s1. The first-order valence-electron chi connectivity index (χ1n) is 9.74. The smallest absolute Gasteiger partial charge is 0.312 e. The van der Waals surface area contributed by atoms with Crippen molar-refractivity contribution in [2.45, 2.75) is 32.8 Å². The van der Waals surface area contributed by atoms with Crippen LogP contribution in [0.5, 0.6) is 0 Å². The fourth-order valence-electron chi connectivity index (χ4n) is 3.69. The number of esters is 1. The lowest BCUT2D eigenvalue weighted by Gasteiger charge is -2.22. The summed E-state index contributed by atoms with van der Waals surface area (Å²) in [7, 11) is 0. The molecular formula is C23H23ClFNO4. The molecule has 0 aliphatic carbocycles. The summed E-state index contributed by atoms with van der Waals surface area (Å²) in [6.07, 6.45) is -0.930. The number of amides is 1. The molecule has 0 aromatic heterocycles. The van der Waals surface area contributed by atoms with Crippen molar-refractivity contribution in [3.63, 3.8) is 0 Å². The van der Waals surface area contributed by atoms with Gasteiger partial charge in [-0.3, -0.25) is 14.4 Å². The number of carbonyl (C=O) groups is 3. The summed E-state index contributed by atoms with van der Waals surface area (Å²) >= 11 is 5.79. The zero-order valence-electron chi connectivity index (χ0n) is 16.9. The van der Waals surface area contributed by atoms with Gasteiger partial charge in [-0.25, -0.2) is 4.39 Å². The molecule has 0 unspecified atom stereocenters. The van der Waals surface area contributed by atoms with Gasteiger partial charge in [0.15, 0.2) is 6.10 Å². The van der Waals surface area contributed by atoms with Crippen LogP contribution >= 0.6 is 11.6 Å². The summed E-state index contributed by atoms with van der Waals surface area (Å²) in [6, 6.07) is 10.8. The monoisotopic (exact) mass is 431 g/mol. The van der Waals surface area contributed by atoms with Crippen molar-refractivity contribution in [3.8, 4) is 0 Å². The molecule has 0 bridgehead atoms. The van der Waals surface area contributed by atoms with Gasteiger partial charge >= 0.3 is 5.97 Å². The van der Waals surface area contributed by atoms with Gasteiger partial charge in [0.05, 0.1) is 5.92 Å². The number of aryl methyl sites for hydroxylation is 2. The Morgan fingerprint density at radius 2 is 1.80 bits per heavy atom. The molecular weight excluding hydrogens is 409 g/mol. The fraction of sp³-hybridized carbons (Fsp3) is 0.348. The Morgan fingerprint density at radius 3 is 2.40 bits per heavy atom. The van der Waals surface area contributed by atoms with E-state index in [0.29, 0.717) is 0 Å². The van der Waals surface area contributed by atoms with E-state index in [-0.39, 0.29) is 36.7 Å². The van der Waals surface area contributed by atoms with Gasteiger partial charge in [-0.1, -0.05) is 18.2 Å². The van der Waals surface area contributed by atoms with E-state index in [1.54, 1.807) is 4.90 Å². The number of hydrogen-bond acceptors (Lipinski definition) is 4. The van der Waals surface area contributed by atoms with Crippen molar-refractivity contribution in [1.29, 1.82) is 0 Å². The van der Waals surface area contributed by atoms with Crippen LogP contribution in [0, 0.1) is 25.6 Å². The van der Waals surface area contributed by atoms with E-state index in [2.05, 4.69) is 0 Å². The van der Waals surface area contributed by atoms with E-state index in [1.807, 2.05) is 32.0 Å². The number of Topliss-reactive ketones (excluding diaryl/α,β-unsaturated/α-hetero) is 1. The summed E-state index contributed by atoms with van der Waals surface area (Å²) in [4.78, 5) is 39.7. The number of alkyl halides is 1. The molecule has 1 fully saturated rings. The molecule has 1 aliphatic rings. The number of benzene rings is 2. The maximum absolute atomic E-state index is 13.1. The third kappa shape index (κ3) is 4.70. The van der Waals surface area contributed by atoms with Crippen LogP contribution in [0.2, 0.25) is 0 Å². The highest BCUT2D eigenvalue weighted by molar-refractivity contribution is 6.18. The number of hydrogen-bond donors (Lipinski definition) is 0. The average Bonchev–Trinajstić information content (AvgIpc) is 3.09. The van der Waals surface area contributed by atoms with Crippen LogP contribution in [0.1, 0.15) is 34.3 Å². The maximum atomic E-state index is 13.1. The SMILES string of the molecule is Cc1cccc(C)c1N1C[C@H](C(=O)O[C@@H](CCCl)C(=O)c2ccc(F)cc2)CC1=O. The molecule has 1 aliphatic heterocycles. The van der Waals surface area contributed by atoms with Crippen molar-refractivity contribution in [3.05, 3.63) is 65.0 Å². The molecule has 1 amide bonds. The number of rotatable bonds is 7. The summed E-state index contributed by atoms with van der Waals surface area (Å²) in [5.41, 5.74) is 2.93. The van der Waals surface area contributed by atoms with Crippen molar-refractivity contribution in [2.75, 3.05) is 17.3 Å². The molecule has 1 saturated heterocycles. The molecule has 2 aromatic rings. The molecule has 7 heteroatoms. The summed E-state index contributed by atoms with van der Waals surface area (Å²) < 4.78 is 18.6. The highest BCUT2D eigenvalue weighted by Crippen LogP contribution is 2.31. The first-order valence-corrected chi connectivity index (χ1v) is 10.3. The lowest BCUT2D eigenvalue weighted by atomic mass is 10.0. The van der Waals surface area contributed by atoms with E-state index >= 15 is 0 Å². The molecule has 2 aromatic carbocycles. The Kier molecular flexibility index (Phi) is 6.87. The molecule has 0 N–H and O–H groups in total. The van der Waals surface area contributed by atoms with Crippen LogP contribution in [-0.4, -0.2) is 36.2 Å². The van der Waals surface area contributed by atoms with Gasteiger partial charge in [0.2, 0.25) is 11.7 Å². The van der Waals surface area contributed by atoms with Crippen LogP contribution < -0.4 is 4.90 Å². The van der Waals surface area contributed by atoms with Gasteiger partial charge < -0.3 is 9.64 Å². The second-order valence-corrected chi connectivity index (χ2v) is 7.80. The number of para-hydroxylation sites is 1. The van der Waals surface area contributed by atoms with Crippen LogP contribution in [0.15, 0.2) is 42.5 Å². The molecule has 0 spiro atoms. The number of carbonyl (C=O) groups excluding carboxylic acids is 3. The second kappa shape index (κ2) is 9.39. The van der Waals surface area contributed by atoms with Gasteiger partial charge in [-0.15, -0.1) is 11.6 Å². The lowest BCUT2D eigenvalue weighted by Crippen LogP contribution is -2.32. The Labute approximate surface area is 179 Å². The zero-order chi connectivity index (χ0) is 21.8. The van der Waals surface area contributed by atoms with Crippen LogP contribution in [0.3, 0.4) is 0 Å². The lowest BCUT2D eigenvalue weighted by molar-refractivity contribution is -0.151. The average molecular weight is 432 g/mol. The Morgan fingerprint density at radius 1 is 1.17 bits per heavy atom. The zero-order valence-corrected chi connectivity index (χ0v) is 17.6. The van der Waals surface area contributed by atoms with Crippen LogP contribution in [0.25, 0.3) is 0 Å². The number of ketones is 1. The van der Waals surface area contributed by atoms with Gasteiger partial charge in [-0.2, -0.15) is 0 Å². The number of halogens is 2. The second-order valence-electron chi connectivity index (χ2n) is 7.42. The molecule has 30 heavy (non-hydrogen) atoms. The van der Waals surface area contributed by atoms with Crippen molar-refractivity contribution in [2.24, 2.45) is 5.92 Å². The Bertz CT molecular complexity index is 940. The predicted octanol–water partition coefficient (Wildman–Crippen LogP) is 4.22. The van der Waals surface area contributed by atoms with Crippen molar-refractivity contribution < 1.29 is 23.5 Å². The minimum absolute atomic E-state index is 0.0188. The highest BCUT2D eigenvalue weighted by atomic mass is 35.5.